The highest BCUT2D eigenvalue weighted by Crippen LogP contribution is 2.45. The second-order valence-corrected chi connectivity index (χ2v) is 7.69. The summed E-state index contributed by atoms with van der Waals surface area (Å²) >= 11 is 0. The Morgan fingerprint density at radius 2 is 2.03 bits per heavy atom. The van der Waals surface area contributed by atoms with Crippen molar-refractivity contribution in [1.29, 1.82) is 0 Å². The molecular weight excluding hydrogens is 390 g/mol. The number of benzene rings is 2. The van der Waals surface area contributed by atoms with Gasteiger partial charge in [0.1, 0.15) is 12.3 Å². The van der Waals surface area contributed by atoms with Gasteiger partial charge in [0.25, 0.3) is 0 Å². The van der Waals surface area contributed by atoms with Gasteiger partial charge in [-0.15, -0.1) is 0 Å². The summed E-state index contributed by atoms with van der Waals surface area (Å²) in [6, 6.07) is 9.73. The number of nitrogens with zero attached hydrogens (tertiary/aromatic N) is 4. The van der Waals surface area contributed by atoms with Crippen LogP contribution in [0.5, 0.6) is 5.75 Å². The number of aryl methyl sites for hydroxylation is 2. The molecule has 0 bridgehead atoms. The van der Waals surface area contributed by atoms with E-state index in [1.807, 2.05) is 37.4 Å². The van der Waals surface area contributed by atoms with Crippen LogP contribution in [-0.4, -0.2) is 41.0 Å². The summed E-state index contributed by atoms with van der Waals surface area (Å²) in [5.74, 6) is 0.673. The third-order valence-corrected chi connectivity index (χ3v) is 5.90. The molecule has 3 aromatic rings. The van der Waals surface area contributed by atoms with Crippen molar-refractivity contribution in [1.82, 2.24) is 9.78 Å². The molecule has 0 atom stereocenters. The van der Waals surface area contributed by atoms with Crippen molar-refractivity contribution in [3.05, 3.63) is 64.6 Å². The molecule has 0 saturated heterocycles. The molecule has 0 saturated carbocycles. The Labute approximate surface area is 180 Å². The van der Waals surface area contributed by atoms with Crippen molar-refractivity contribution in [3.63, 3.8) is 0 Å². The highest BCUT2D eigenvalue weighted by atomic mass is 16.5. The molecule has 1 aromatic heterocycles. The van der Waals surface area contributed by atoms with Crippen LogP contribution < -0.4 is 10.5 Å². The van der Waals surface area contributed by atoms with Crippen molar-refractivity contribution in [3.8, 4) is 28.1 Å². The Hall–Kier alpha value is -3.76. The zero-order chi connectivity index (χ0) is 21.5. The smallest absolute Gasteiger partial charge is 0.237 e. The average Bonchev–Trinajstić information content (AvgIpc) is 3.19. The predicted molar refractivity (Wildman–Crippen MR) is 119 cm³/mol. The summed E-state index contributed by atoms with van der Waals surface area (Å²) in [5.41, 5.74) is 13.0. The average molecular weight is 411 g/mol. The number of fused-ring (bicyclic) bond motifs is 2. The number of carbonyl (C=O) groups excluding carboxylic acids is 1. The van der Waals surface area contributed by atoms with Gasteiger partial charge in [-0.1, -0.05) is 24.3 Å². The predicted octanol–water partition coefficient (Wildman–Crippen LogP) is 3.57. The number of nitrogens with two attached hydrogens (primary N) is 1. The number of ether oxygens (including phenoxy) is 1. The van der Waals surface area contributed by atoms with Crippen LogP contribution in [0.25, 0.3) is 27.2 Å². The molecule has 0 spiro atoms. The molecule has 0 aliphatic carbocycles. The van der Waals surface area contributed by atoms with E-state index in [4.69, 9.17) is 17.0 Å². The van der Waals surface area contributed by atoms with Gasteiger partial charge in [-0.2, -0.15) is 5.10 Å². The Balaban J connectivity index is 1.69. The summed E-state index contributed by atoms with van der Waals surface area (Å²) < 4.78 is 7.65. The first-order valence-electron chi connectivity index (χ1n) is 10.2. The van der Waals surface area contributed by atoms with Gasteiger partial charge in [0.2, 0.25) is 5.69 Å². The number of Topliss-reactive ketones (excluding diaryl/α,β-unsaturated/α-hetero) is 1. The highest BCUT2D eigenvalue weighted by Gasteiger charge is 2.25. The molecule has 7 heteroatoms. The summed E-state index contributed by atoms with van der Waals surface area (Å²) in [7, 11) is 1.86. The largest absolute Gasteiger partial charge is 0.504 e. The molecule has 154 valence electrons. The van der Waals surface area contributed by atoms with Crippen molar-refractivity contribution in [2.45, 2.75) is 12.8 Å². The van der Waals surface area contributed by atoms with Crippen LogP contribution in [0.2, 0.25) is 0 Å². The topological polar surface area (TPSA) is 86.9 Å². The van der Waals surface area contributed by atoms with Crippen molar-refractivity contribution < 1.29 is 9.53 Å². The number of carbonyl (C=O) groups is 1. The number of hydrogen-bond donors (Lipinski definition) is 1. The van der Waals surface area contributed by atoms with E-state index < -0.39 is 0 Å². The lowest BCUT2D eigenvalue weighted by atomic mass is 9.91. The Bertz CT molecular complexity index is 1300. The fourth-order valence-electron chi connectivity index (χ4n) is 4.38. The van der Waals surface area contributed by atoms with Gasteiger partial charge in [0.15, 0.2) is 5.78 Å². The van der Waals surface area contributed by atoms with Gasteiger partial charge >= 0.3 is 0 Å². The Morgan fingerprint density at radius 1 is 1.19 bits per heavy atom. The van der Waals surface area contributed by atoms with E-state index in [9.17, 15) is 4.79 Å². The lowest BCUT2D eigenvalue weighted by Crippen LogP contribution is -2.24. The van der Waals surface area contributed by atoms with Gasteiger partial charge in [-0.25, -0.2) is 4.85 Å². The first-order chi connectivity index (χ1) is 15.1. The van der Waals surface area contributed by atoms with E-state index in [1.54, 1.807) is 10.9 Å². The van der Waals surface area contributed by atoms with Gasteiger partial charge in [-0.05, 0) is 30.0 Å². The second-order valence-electron chi connectivity index (χ2n) is 7.69. The van der Waals surface area contributed by atoms with E-state index >= 15 is 0 Å². The number of aromatic nitrogens is 2. The molecule has 2 N–H and O–H groups in total. The normalized spacial score (nSPS) is 14.9. The first kappa shape index (κ1) is 19.2. The summed E-state index contributed by atoms with van der Waals surface area (Å²) in [5, 5.41) is 4.47. The zero-order valence-electron chi connectivity index (χ0n) is 17.2. The third-order valence-electron chi connectivity index (χ3n) is 5.90. The van der Waals surface area contributed by atoms with Crippen LogP contribution in [0.3, 0.4) is 0 Å². The second kappa shape index (κ2) is 7.49. The molecule has 0 amide bonds. The van der Waals surface area contributed by atoms with Crippen LogP contribution >= 0.6 is 0 Å². The fraction of sp³-hybridized carbons (Fsp3) is 0.250. The van der Waals surface area contributed by atoms with Crippen LogP contribution in [0.1, 0.15) is 27.9 Å². The molecule has 2 aliphatic rings. The lowest BCUT2D eigenvalue weighted by molar-refractivity contribution is 0.1000. The van der Waals surface area contributed by atoms with Crippen LogP contribution in [0.15, 0.2) is 41.5 Å². The summed E-state index contributed by atoms with van der Waals surface area (Å²) in [6.07, 6.45) is 3.66. The summed E-state index contributed by atoms with van der Waals surface area (Å²) in [4.78, 5) is 20.5. The standard InChI is InChI=1S/C24H21N5O2/c1-26-22-17(8-5-14-4-3-9-31-24(14)22)23-19(12-28-29(23)2)15-6-7-16-18(10-15)20(11-25)27-13-21(16)30/h5-8,10,12H,3-4,9,11,13,25H2,2H3. The van der Waals surface area contributed by atoms with Crippen LogP contribution in [0.4, 0.5) is 5.69 Å². The van der Waals surface area contributed by atoms with Crippen LogP contribution in [0, 0.1) is 6.57 Å². The molecule has 2 aliphatic heterocycles. The quantitative estimate of drug-likeness (QED) is 0.668. The maximum Gasteiger partial charge on any atom is 0.237 e. The Kier molecular flexibility index (Phi) is 4.64. The molecule has 31 heavy (non-hydrogen) atoms. The fourth-order valence-corrected chi connectivity index (χ4v) is 4.38. The number of aliphatic imine (C=N–C) groups is 1. The maximum absolute atomic E-state index is 12.3. The minimum Gasteiger partial charge on any atom is -0.504 e. The Morgan fingerprint density at radius 3 is 2.84 bits per heavy atom. The van der Waals surface area contributed by atoms with Crippen molar-refractivity contribution in [2.75, 3.05) is 19.7 Å². The minimum atomic E-state index is -0.00714. The molecule has 7 nitrogen and oxygen atoms in total. The van der Waals surface area contributed by atoms with Crippen molar-refractivity contribution in [2.24, 2.45) is 17.8 Å². The van der Waals surface area contributed by atoms with E-state index in [0.717, 1.165) is 52.1 Å². The van der Waals surface area contributed by atoms with Crippen molar-refractivity contribution >= 4 is 17.2 Å². The van der Waals surface area contributed by atoms with E-state index in [1.165, 1.54) is 0 Å². The number of hydrogen-bond acceptors (Lipinski definition) is 5. The van der Waals surface area contributed by atoms with Gasteiger partial charge in [-0.3, -0.25) is 14.5 Å². The molecular formula is C24H21N5O2. The molecule has 5 rings (SSSR count). The number of rotatable bonds is 3. The molecule has 0 fully saturated rings. The van der Waals surface area contributed by atoms with Crippen LogP contribution in [-0.2, 0) is 13.5 Å². The maximum atomic E-state index is 12.3. The van der Waals surface area contributed by atoms with Gasteiger partial charge < -0.3 is 10.5 Å². The van der Waals surface area contributed by atoms with E-state index in [0.29, 0.717) is 23.6 Å². The van der Waals surface area contributed by atoms with E-state index in [-0.39, 0.29) is 18.9 Å². The van der Waals surface area contributed by atoms with E-state index in [2.05, 4.69) is 14.9 Å². The molecule has 2 aromatic carbocycles. The monoisotopic (exact) mass is 411 g/mol. The summed E-state index contributed by atoms with van der Waals surface area (Å²) in [6.45, 7) is 8.85. The molecule has 0 unspecified atom stereocenters. The number of ketones is 1. The first-order valence-corrected chi connectivity index (χ1v) is 10.2. The lowest BCUT2D eigenvalue weighted by Gasteiger charge is -2.21. The minimum absolute atomic E-state index is 0.00714. The SMILES string of the molecule is [C-]#[N+]c1c(-c2c(-c3ccc4c(c3)C(CN)=NCC4=O)cnn2C)ccc2c1OCCC2. The zero-order valence-corrected chi connectivity index (χ0v) is 17.2. The highest BCUT2D eigenvalue weighted by molar-refractivity contribution is 6.16. The van der Waals surface area contributed by atoms with Gasteiger partial charge in [0, 0.05) is 35.8 Å². The van der Waals surface area contributed by atoms with Gasteiger partial charge in [0.05, 0.1) is 30.8 Å². The third kappa shape index (κ3) is 3.04. The molecule has 3 heterocycles. The molecule has 0 radical (unpaired) electrons.